The van der Waals surface area contributed by atoms with Crippen LogP contribution < -0.4 is 5.48 Å². The van der Waals surface area contributed by atoms with Crippen molar-refractivity contribution in [1.82, 2.24) is 10.5 Å². The van der Waals surface area contributed by atoms with Crippen molar-refractivity contribution in [3.63, 3.8) is 0 Å². The van der Waals surface area contributed by atoms with E-state index < -0.39 is 0 Å². The summed E-state index contributed by atoms with van der Waals surface area (Å²) < 4.78 is 4.74. The van der Waals surface area contributed by atoms with Gasteiger partial charge in [0.2, 0.25) is 0 Å². The molecule has 0 aliphatic rings. The van der Waals surface area contributed by atoms with Gasteiger partial charge in [0.1, 0.15) is 5.69 Å². The van der Waals surface area contributed by atoms with Crippen LogP contribution >= 0.6 is 0 Å². The molecule has 0 saturated heterocycles. The lowest BCUT2D eigenvalue weighted by molar-refractivity contribution is 0.00858. The van der Waals surface area contributed by atoms with Crippen molar-refractivity contribution in [1.29, 1.82) is 0 Å². The molecule has 1 aromatic heterocycles. The summed E-state index contributed by atoms with van der Waals surface area (Å²) in [5, 5.41) is 0. The Morgan fingerprint density at radius 1 is 1.50 bits per heavy atom. The average Bonchev–Trinajstić information content (AvgIpc) is 2.25. The number of carbonyl (C=O) groups is 1. The molecule has 5 heteroatoms. The monoisotopic (exact) mass is 196 g/mol. The number of nitrogens with one attached hydrogen (secondary N) is 1. The predicted octanol–water partition coefficient (Wildman–Crippen LogP) is 0.389. The first-order valence-corrected chi connectivity index (χ1v) is 4.16. The van der Waals surface area contributed by atoms with Gasteiger partial charge in [-0.2, -0.15) is 0 Å². The summed E-state index contributed by atoms with van der Waals surface area (Å²) in [6, 6.07) is 5.08. The van der Waals surface area contributed by atoms with Crippen LogP contribution in [0.3, 0.4) is 0 Å². The van der Waals surface area contributed by atoms with Gasteiger partial charge >= 0.3 is 0 Å². The number of rotatable bonds is 5. The quantitative estimate of drug-likeness (QED) is 0.546. The molecule has 1 rings (SSSR count). The van der Waals surface area contributed by atoms with E-state index in [1.54, 1.807) is 31.5 Å². The molecule has 0 atom stereocenters. The molecule has 0 unspecified atom stereocenters. The molecule has 0 fully saturated rings. The van der Waals surface area contributed by atoms with Crippen LogP contribution in [0.2, 0.25) is 0 Å². The van der Waals surface area contributed by atoms with Crippen molar-refractivity contribution in [3.8, 4) is 0 Å². The number of hydroxylamine groups is 1. The van der Waals surface area contributed by atoms with Crippen LogP contribution in [0.4, 0.5) is 0 Å². The van der Waals surface area contributed by atoms with Crippen LogP contribution in [0.25, 0.3) is 0 Å². The Hall–Kier alpha value is -1.46. The lowest BCUT2D eigenvalue weighted by Crippen LogP contribution is -2.26. The third kappa shape index (κ3) is 3.51. The molecular weight excluding hydrogens is 184 g/mol. The van der Waals surface area contributed by atoms with Gasteiger partial charge in [0, 0.05) is 13.3 Å². The van der Waals surface area contributed by atoms with E-state index in [0.717, 1.165) is 0 Å². The second-order valence-electron chi connectivity index (χ2n) is 2.49. The summed E-state index contributed by atoms with van der Waals surface area (Å²) in [5.74, 6) is -0.360. The Morgan fingerprint density at radius 3 is 3.00 bits per heavy atom. The zero-order valence-corrected chi connectivity index (χ0v) is 7.90. The molecule has 0 radical (unpaired) electrons. The van der Waals surface area contributed by atoms with Crippen molar-refractivity contribution in [2.45, 2.75) is 0 Å². The van der Waals surface area contributed by atoms with Crippen LogP contribution in [-0.4, -0.2) is 31.2 Å². The number of amides is 1. The summed E-state index contributed by atoms with van der Waals surface area (Å²) in [4.78, 5) is 19.9. The zero-order valence-electron chi connectivity index (χ0n) is 7.90. The van der Waals surface area contributed by atoms with E-state index in [-0.39, 0.29) is 5.91 Å². The van der Waals surface area contributed by atoms with Gasteiger partial charge in [-0.25, -0.2) is 5.48 Å². The standard InChI is InChI=1S/C9H12N2O3/c1-13-6-7-14-11-9(12)8-4-2-3-5-10-8/h2-5H,6-7H2,1H3,(H,11,12). The Bertz CT molecular complexity index is 277. The Balaban J connectivity index is 2.29. The molecule has 1 N–H and O–H groups in total. The number of pyridine rings is 1. The number of hydrogen-bond acceptors (Lipinski definition) is 4. The van der Waals surface area contributed by atoms with Crippen molar-refractivity contribution in [2.24, 2.45) is 0 Å². The fourth-order valence-corrected chi connectivity index (χ4v) is 0.791. The molecule has 76 valence electrons. The lowest BCUT2D eigenvalue weighted by Gasteiger charge is -2.03. The first kappa shape index (κ1) is 10.6. The van der Waals surface area contributed by atoms with Crippen LogP contribution in [0.15, 0.2) is 24.4 Å². The summed E-state index contributed by atoms with van der Waals surface area (Å²) >= 11 is 0. The zero-order chi connectivity index (χ0) is 10.2. The minimum Gasteiger partial charge on any atom is -0.382 e. The molecule has 0 aromatic carbocycles. The van der Waals surface area contributed by atoms with E-state index in [1.807, 2.05) is 0 Å². The number of aromatic nitrogens is 1. The molecule has 0 bridgehead atoms. The fraction of sp³-hybridized carbons (Fsp3) is 0.333. The third-order valence-electron chi connectivity index (χ3n) is 1.45. The van der Waals surface area contributed by atoms with Gasteiger partial charge in [0.15, 0.2) is 0 Å². The summed E-state index contributed by atoms with van der Waals surface area (Å²) in [5.41, 5.74) is 2.58. The van der Waals surface area contributed by atoms with E-state index in [9.17, 15) is 4.79 Å². The van der Waals surface area contributed by atoms with Gasteiger partial charge in [0.05, 0.1) is 13.2 Å². The maximum absolute atomic E-state index is 11.3. The number of nitrogens with zero attached hydrogens (tertiary/aromatic N) is 1. The third-order valence-corrected chi connectivity index (χ3v) is 1.45. The maximum Gasteiger partial charge on any atom is 0.293 e. The van der Waals surface area contributed by atoms with Gasteiger partial charge in [-0.15, -0.1) is 0 Å². The molecule has 0 saturated carbocycles. The van der Waals surface area contributed by atoms with E-state index >= 15 is 0 Å². The average molecular weight is 196 g/mol. The van der Waals surface area contributed by atoms with E-state index in [4.69, 9.17) is 9.57 Å². The minimum absolute atomic E-state index is 0.315. The first-order valence-electron chi connectivity index (χ1n) is 4.16. The second kappa shape index (κ2) is 6.06. The highest BCUT2D eigenvalue weighted by Gasteiger charge is 2.04. The van der Waals surface area contributed by atoms with Crippen LogP contribution in [0.1, 0.15) is 10.5 Å². The Kier molecular flexibility index (Phi) is 4.60. The number of ether oxygens (including phenoxy) is 1. The van der Waals surface area contributed by atoms with Crippen molar-refractivity contribution in [2.75, 3.05) is 20.3 Å². The van der Waals surface area contributed by atoms with Crippen LogP contribution in [0, 0.1) is 0 Å². The minimum atomic E-state index is -0.360. The highest BCUT2D eigenvalue weighted by molar-refractivity contribution is 5.91. The molecular formula is C9H12N2O3. The molecule has 14 heavy (non-hydrogen) atoms. The predicted molar refractivity (Wildman–Crippen MR) is 49.5 cm³/mol. The maximum atomic E-state index is 11.3. The van der Waals surface area contributed by atoms with Gasteiger partial charge in [-0.1, -0.05) is 6.07 Å². The van der Waals surface area contributed by atoms with Gasteiger partial charge in [0.25, 0.3) is 5.91 Å². The number of hydrogen-bond donors (Lipinski definition) is 1. The lowest BCUT2D eigenvalue weighted by atomic mass is 10.3. The molecule has 1 heterocycles. The summed E-state index contributed by atoms with van der Waals surface area (Å²) in [7, 11) is 1.56. The smallest absolute Gasteiger partial charge is 0.293 e. The van der Waals surface area contributed by atoms with E-state index in [0.29, 0.717) is 18.9 Å². The normalized spacial score (nSPS) is 9.79. The number of carbonyl (C=O) groups excluding carboxylic acids is 1. The van der Waals surface area contributed by atoms with Gasteiger partial charge in [-0.05, 0) is 12.1 Å². The summed E-state index contributed by atoms with van der Waals surface area (Å²) in [6.07, 6.45) is 1.55. The Morgan fingerprint density at radius 2 is 2.36 bits per heavy atom. The molecule has 5 nitrogen and oxygen atoms in total. The Labute approximate surface area is 82.0 Å². The van der Waals surface area contributed by atoms with Crippen LogP contribution in [0.5, 0.6) is 0 Å². The highest BCUT2D eigenvalue weighted by Crippen LogP contribution is 1.92. The van der Waals surface area contributed by atoms with Crippen molar-refractivity contribution < 1.29 is 14.4 Å². The van der Waals surface area contributed by atoms with Crippen molar-refractivity contribution in [3.05, 3.63) is 30.1 Å². The van der Waals surface area contributed by atoms with E-state index in [1.165, 1.54) is 0 Å². The number of methoxy groups -OCH3 is 1. The first-order chi connectivity index (χ1) is 6.84. The topological polar surface area (TPSA) is 60.5 Å². The highest BCUT2D eigenvalue weighted by atomic mass is 16.7. The second-order valence-corrected chi connectivity index (χ2v) is 2.49. The molecule has 1 aromatic rings. The van der Waals surface area contributed by atoms with Gasteiger partial charge < -0.3 is 4.74 Å². The van der Waals surface area contributed by atoms with Crippen molar-refractivity contribution >= 4 is 5.91 Å². The molecule has 0 aliphatic carbocycles. The molecule has 0 aliphatic heterocycles. The molecule has 0 spiro atoms. The SMILES string of the molecule is COCCONC(=O)c1ccccn1. The fourth-order valence-electron chi connectivity index (χ4n) is 0.791. The van der Waals surface area contributed by atoms with E-state index in [2.05, 4.69) is 10.5 Å². The molecule has 1 amide bonds. The largest absolute Gasteiger partial charge is 0.382 e. The summed E-state index contributed by atoms with van der Waals surface area (Å²) in [6.45, 7) is 0.748. The van der Waals surface area contributed by atoms with Crippen LogP contribution in [-0.2, 0) is 9.57 Å². The van der Waals surface area contributed by atoms with Gasteiger partial charge in [-0.3, -0.25) is 14.6 Å².